The molecule has 1 fully saturated rings. The van der Waals surface area contributed by atoms with E-state index in [9.17, 15) is 13.2 Å². The van der Waals surface area contributed by atoms with Gasteiger partial charge in [0.15, 0.2) is 0 Å². The Morgan fingerprint density at radius 2 is 2.28 bits per heavy atom. The minimum Gasteiger partial charge on any atom is -0.481 e. The summed E-state index contributed by atoms with van der Waals surface area (Å²) in [5, 5.41) is 8.79. The minimum absolute atomic E-state index is 0.154. The molecule has 2 rings (SSSR count). The van der Waals surface area contributed by atoms with Crippen LogP contribution in [0.5, 0.6) is 0 Å². The van der Waals surface area contributed by atoms with Gasteiger partial charge in [0.05, 0.1) is 10.8 Å². The molecule has 1 N–H and O–H groups in total. The fourth-order valence-corrected chi connectivity index (χ4v) is 5.39. The number of rotatable bonds is 4. The molecular weight excluding hydrogens is 298 g/mol. The molecule has 1 aromatic heterocycles. The molecule has 0 bridgehead atoms. The fraction of sp³-hybridized carbons (Fsp3) is 0.500. The van der Waals surface area contributed by atoms with Crippen LogP contribution in [0.2, 0.25) is 4.34 Å². The molecule has 1 aliphatic heterocycles. The van der Waals surface area contributed by atoms with Crippen molar-refractivity contribution in [3.8, 4) is 0 Å². The van der Waals surface area contributed by atoms with E-state index < -0.39 is 22.0 Å². The van der Waals surface area contributed by atoms with E-state index >= 15 is 0 Å². The number of carbonyl (C=O) groups is 1. The second-order valence-electron chi connectivity index (χ2n) is 4.07. The molecule has 1 aromatic rings. The summed E-state index contributed by atoms with van der Waals surface area (Å²) in [5.41, 5.74) is 0. The van der Waals surface area contributed by atoms with Crippen molar-refractivity contribution in [3.63, 3.8) is 0 Å². The molecule has 18 heavy (non-hydrogen) atoms. The Bertz CT molecular complexity index is 554. The van der Waals surface area contributed by atoms with Gasteiger partial charge in [0.25, 0.3) is 10.0 Å². The average Bonchev–Trinajstić information content (AvgIpc) is 2.86. The summed E-state index contributed by atoms with van der Waals surface area (Å²) in [4.78, 5) is 10.7. The van der Waals surface area contributed by atoms with Gasteiger partial charge in [0, 0.05) is 12.6 Å². The number of hydrogen-bond donors (Lipinski definition) is 1. The lowest BCUT2D eigenvalue weighted by Crippen LogP contribution is -2.36. The summed E-state index contributed by atoms with van der Waals surface area (Å²) in [6.07, 6.45) is 1.12. The monoisotopic (exact) mass is 309 g/mol. The average molecular weight is 310 g/mol. The Kier molecular flexibility index (Phi) is 3.96. The lowest BCUT2D eigenvalue weighted by atomic mass is 10.2. The Hall–Kier alpha value is -0.630. The summed E-state index contributed by atoms with van der Waals surface area (Å²) in [5.74, 6) is -0.980. The van der Waals surface area contributed by atoms with E-state index in [4.69, 9.17) is 16.7 Å². The predicted molar refractivity (Wildman–Crippen MR) is 68.5 cm³/mol. The van der Waals surface area contributed by atoms with Gasteiger partial charge in [0.1, 0.15) is 4.21 Å². The summed E-state index contributed by atoms with van der Waals surface area (Å²) in [7, 11) is -3.61. The van der Waals surface area contributed by atoms with Gasteiger partial charge in [-0.2, -0.15) is 4.31 Å². The highest BCUT2D eigenvalue weighted by molar-refractivity contribution is 7.91. The summed E-state index contributed by atoms with van der Waals surface area (Å²) >= 11 is 6.73. The van der Waals surface area contributed by atoms with E-state index in [1.54, 1.807) is 0 Å². The molecule has 2 heterocycles. The van der Waals surface area contributed by atoms with Crippen LogP contribution in [0, 0.1) is 0 Å². The molecule has 100 valence electrons. The van der Waals surface area contributed by atoms with Crippen LogP contribution in [0.1, 0.15) is 19.3 Å². The zero-order valence-electron chi connectivity index (χ0n) is 9.37. The molecule has 0 spiro atoms. The van der Waals surface area contributed by atoms with Crippen LogP contribution in [0.15, 0.2) is 16.3 Å². The number of sulfonamides is 1. The first-order valence-electron chi connectivity index (χ1n) is 5.40. The lowest BCUT2D eigenvalue weighted by Gasteiger charge is -2.21. The number of nitrogens with zero attached hydrogens (tertiary/aromatic N) is 1. The second-order valence-corrected chi connectivity index (χ2v) is 7.90. The number of carboxylic acids is 1. The van der Waals surface area contributed by atoms with Gasteiger partial charge in [-0.3, -0.25) is 4.79 Å². The smallest absolute Gasteiger partial charge is 0.304 e. The van der Waals surface area contributed by atoms with E-state index in [0.29, 0.717) is 23.7 Å². The maximum Gasteiger partial charge on any atom is 0.304 e. The fourth-order valence-electron chi connectivity index (χ4n) is 2.08. The molecule has 1 atom stereocenters. The van der Waals surface area contributed by atoms with Gasteiger partial charge >= 0.3 is 5.97 Å². The quantitative estimate of drug-likeness (QED) is 0.923. The molecule has 5 nitrogen and oxygen atoms in total. The van der Waals surface area contributed by atoms with Crippen LogP contribution in [0.3, 0.4) is 0 Å². The highest BCUT2D eigenvalue weighted by Crippen LogP contribution is 2.32. The van der Waals surface area contributed by atoms with Crippen LogP contribution >= 0.6 is 22.9 Å². The first-order valence-corrected chi connectivity index (χ1v) is 8.03. The van der Waals surface area contributed by atoms with Crippen molar-refractivity contribution in [1.29, 1.82) is 0 Å². The number of hydrogen-bond acceptors (Lipinski definition) is 4. The zero-order valence-corrected chi connectivity index (χ0v) is 11.8. The predicted octanol–water partition coefficient (Wildman–Crippen LogP) is 2.03. The van der Waals surface area contributed by atoms with E-state index in [-0.39, 0.29) is 10.6 Å². The van der Waals surface area contributed by atoms with E-state index in [0.717, 1.165) is 11.3 Å². The number of carboxylic acid groups (broad SMARTS) is 1. The Morgan fingerprint density at radius 3 is 2.83 bits per heavy atom. The lowest BCUT2D eigenvalue weighted by molar-refractivity contribution is -0.137. The molecule has 0 radical (unpaired) electrons. The van der Waals surface area contributed by atoms with Crippen molar-refractivity contribution in [2.24, 2.45) is 0 Å². The standard InChI is InChI=1S/C10H12ClNO4S2/c11-8-3-4-10(17-8)18(15,16)12-5-1-2-7(12)6-9(13)14/h3-4,7H,1-2,5-6H2,(H,13,14). The summed E-state index contributed by atoms with van der Waals surface area (Å²) in [6, 6.07) is 2.54. The molecule has 0 saturated carbocycles. The molecule has 0 amide bonds. The van der Waals surface area contributed by atoms with Gasteiger partial charge < -0.3 is 5.11 Å². The number of halogens is 1. The highest BCUT2D eigenvalue weighted by atomic mass is 35.5. The third kappa shape index (κ3) is 2.69. The van der Waals surface area contributed by atoms with Crippen molar-refractivity contribution >= 4 is 38.9 Å². The van der Waals surface area contributed by atoms with Crippen molar-refractivity contribution in [2.45, 2.75) is 29.5 Å². The molecule has 1 saturated heterocycles. The minimum atomic E-state index is -3.61. The van der Waals surface area contributed by atoms with Gasteiger partial charge in [-0.25, -0.2) is 8.42 Å². The topological polar surface area (TPSA) is 74.7 Å². The van der Waals surface area contributed by atoms with Gasteiger partial charge in [0.2, 0.25) is 0 Å². The van der Waals surface area contributed by atoms with Crippen LogP contribution in [0.25, 0.3) is 0 Å². The largest absolute Gasteiger partial charge is 0.481 e. The maximum atomic E-state index is 12.3. The summed E-state index contributed by atoms with van der Waals surface area (Å²) < 4.78 is 26.5. The molecule has 0 aromatic carbocycles. The highest BCUT2D eigenvalue weighted by Gasteiger charge is 2.37. The molecule has 1 aliphatic rings. The molecule has 1 unspecified atom stereocenters. The van der Waals surface area contributed by atoms with E-state index in [1.165, 1.54) is 16.4 Å². The normalized spacial score (nSPS) is 21.3. The second kappa shape index (κ2) is 5.16. The van der Waals surface area contributed by atoms with Crippen LogP contribution in [-0.2, 0) is 14.8 Å². The Labute approximate surface area is 114 Å². The SMILES string of the molecule is O=C(O)CC1CCCN1S(=O)(=O)c1ccc(Cl)s1. The van der Waals surface area contributed by atoms with Crippen LogP contribution in [0.4, 0.5) is 0 Å². The van der Waals surface area contributed by atoms with Gasteiger partial charge in [-0.1, -0.05) is 11.6 Å². The zero-order chi connectivity index (χ0) is 13.3. The maximum absolute atomic E-state index is 12.3. The number of thiophene rings is 1. The Morgan fingerprint density at radius 1 is 1.56 bits per heavy atom. The molecule has 0 aliphatic carbocycles. The van der Waals surface area contributed by atoms with Gasteiger partial charge in [-0.05, 0) is 25.0 Å². The first-order chi connectivity index (χ1) is 8.41. The van der Waals surface area contributed by atoms with Crippen LogP contribution in [-0.4, -0.2) is 36.4 Å². The summed E-state index contributed by atoms with van der Waals surface area (Å²) in [6.45, 7) is 0.371. The van der Waals surface area contributed by atoms with Crippen molar-refractivity contribution in [3.05, 3.63) is 16.5 Å². The van der Waals surface area contributed by atoms with Gasteiger partial charge in [-0.15, -0.1) is 11.3 Å². The van der Waals surface area contributed by atoms with E-state index in [1.807, 2.05) is 0 Å². The number of aliphatic carboxylic acids is 1. The third-order valence-corrected chi connectivity index (χ3v) is 6.50. The van der Waals surface area contributed by atoms with E-state index in [2.05, 4.69) is 0 Å². The van der Waals surface area contributed by atoms with Crippen molar-refractivity contribution < 1.29 is 18.3 Å². The Balaban J connectivity index is 2.26. The van der Waals surface area contributed by atoms with Crippen molar-refractivity contribution in [2.75, 3.05) is 6.54 Å². The van der Waals surface area contributed by atoms with Crippen LogP contribution < -0.4 is 0 Å². The van der Waals surface area contributed by atoms with Crippen molar-refractivity contribution in [1.82, 2.24) is 4.31 Å². The first kappa shape index (κ1) is 13.8. The third-order valence-electron chi connectivity index (χ3n) is 2.84. The molecular formula is C10H12ClNO4S2. The molecule has 8 heteroatoms.